The molecule has 0 unspecified atom stereocenters. The molecule has 0 spiro atoms. The maximum Gasteiger partial charge on any atom is 0.0880 e. The average Bonchev–Trinajstić information content (AvgIpc) is 2.59. The molecule has 3 heteroatoms. The predicted octanol–water partition coefficient (Wildman–Crippen LogP) is 3.73. The van der Waals surface area contributed by atoms with Gasteiger partial charge < -0.3 is 0 Å². The standard InChI is InChI=1S/C13H17ClN2/c1-9-12(16-10(7-14)8-15-9)11-5-4-6-13(11,2)3/h5,8H,4,6-7H2,1-3H3. The lowest BCUT2D eigenvalue weighted by atomic mass is 9.83. The van der Waals surface area contributed by atoms with E-state index in [9.17, 15) is 0 Å². The number of aromatic nitrogens is 2. The van der Waals surface area contributed by atoms with Crippen molar-refractivity contribution in [3.05, 3.63) is 29.4 Å². The summed E-state index contributed by atoms with van der Waals surface area (Å²) in [6.45, 7) is 6.54. The molecule has 86 valence electrons. The molecular weight excluding hydrogens is 220 g/mol. The van der Waals surface area contributed by atoms with Gasteiger partial charge >= 0.3 is 0 Å². The van der Waals surface area contributed by atoms with Gasteiger partial charge in [-0.2, -0.15) is 0 Å². The van der Waals surface area contributed by atoms with Gasteiger partial charge in [-0.25, -0.2) is 4.98 Å². The van der Waals surface area contributed by atoms with Crippen LogP contribution in [0.3, 0.4) is 0 Å². The zero-order chi connectivity index (χ0) is 11.8. The highest BCUT2D eigenvalue weighted by Gasteiger charge is 2.30. The molecule has 0 saturated carbocycles. The van der Waals surface area contributed by atoms with Crippen molar-refractivity contribution in [2.45, 2.75) is 39.5 Å². The Bertz CT molecular complexity index is 436. The van der Waals surface area contributed by atoms with Crippen molar-refractivity contribution in [2.75, 3.05) is 0 Å². The largest absolute Gasteiger partial charge is 0.257 e. The van der Waals surface area contributed by atoms with Gasteiger partial charge in [-0.05, 0) is 30.8 Å². The molecule has 16 heavy (non-hydrogen) atoms. The van der Waals surface area contributed by atoms with Crippen LogP contribution in [0.4, 0.5) is 0 Å². The Morgan fingerprint density at radius 1 is 1.44 bits per heavy atom. The van der Waals surface area contributed by atoms with Crippen molar-refractivity contribution < 1.29 is 0 Å². The van der Waals surface area contributed by atoms with Crippen molar-refractivity contribution >= 4 is 17.2 Å². The van der Waals surface area contributed by atoms with E-state index in [2.05, 4.69) is 29.9 Å². The van der Waals surface area contributed by atoms with Crippen LogP contribution in [0.5, 0.6) is 0 Å². The number of allylic oxidation sites excluding steroid dienone is 2. The molecule has 1 aromatic rings. The van der Waals surface area contributed by atoms with Gasteiger partial charge in [0.25, 0.3) is 0 Å². The van der Waals surface area contributed by atoms with Gasteiger partial charge in [-0.15, -0.1) is 11.6 Å². The van der Waals surface area contributed by atoms with Crippen LogP contribution in [0.1, 0.15) is 43.8 Å². The molecule has 0 atom stereocenters. The van der Waals surface area contributed by atoms with Crippen LogP contribution < -0.4 is 0 Å². The number of hydrogen-bond donors (Lipinski definition) is 0. The van der Waals surface area contributed by atoms with Gasteiger partial charge in [0.15, 0.2) is 0 Å². The first-order valence-electron chi connectivity index (χ1n) is 5.64. The summed E-state index contributed by atoms with van der Waals surface area (Å²) in [5, 5.41) is 0. The topological polar surface area (TPSA) is 25.8 Å². The van der Waals surface area contributed by atoms with E-state index in [1.54, 1.807) is 6.20 Å². The first-order chi connectivity index (χ1) is 7.54. The maximum atomic E-state index is 5.81. The molecular formula is C13H17ClN2. The van der Waals surface area contributed by atoms with Crippen LogP contribution in [0.25, 0.3) is 5.57 Å². The third-order valence-electron chi connectivity index (χ3n) is 3.24. The summed E-state index contributed by atoms with van der Waals surface area (Å²) < 4.78 is 0. The summed E-state index contributed by atoms with van der Waals surface area (Å²) >= 11 is 5.81. The molecule has 0 N–H and O–H groups in total. The first-order valence-corrected chi connectivity index (χ1v) is 6.17. The molecule has 1 heterocycles. The van der Waals surface area contributed by atoms with E-state index in [-0.39, 0.29) is 5.41 Å². The number of aryl methyl sites for hydroxylation is 1. The quantitative estimate of drug-likeness (QED) is 0.732. The fourth-order valence-electron chi connectivity index (χ4n) is 2.21. The zero-order valence-electron chi connectivity index (χ0n) is 10.0. The monoisotopic (exact) mass is 236 g/mol. The summed E-state index contributed by atoms with van der Waals surface area (Å²) in [6.07, 6.45) is 6.37. The highest BCUT2D eigenvalue weighted by molar-refractivity contribution is 6.16. The first kappa shape index (κ1) is 11.6. The molecule has 0 radical (unpaired) electrons. The second-order valence-electron chi connectivity index (χ2n) is 4.97. The average molecular weight is 237 g/mol. The molecule has 1 aromatic heterocycles. The molecule has 2 rings (SSSR count). The lowest BCUT2D eigenvalue weighted by Gasteiger charge is -2.23. The Labute approximate surface area is 102 Å². The Morgan fingerprint density at radius 2 is 2.19 bits per heavy atom. The Kier molecular flexibility index (Phi) is 3.02. The molecule has 0 saturated heterocycles. The fraction of sp³-hybridized carbons (Fsp3) is 0.538. The van der Waals surface area contributed by atoms with E-state index in [0.29, 0.717) is 5.88 Å². The summed E-state index contributed by atoms with van der Waals surface area (Å²) in [4.78, 5) is 8.98. The number of halogens is 1. The van der Waals surface area contributed by atoms with Crippen LogP contribution in [0, 0.1) is 12.3 Å². The SMILES string of the molecule is Cc1ncc(CCl)nc1C1=CCCC1(C)C. The second-order valence-corrected chi connectivity index (χ2v) is 5.24. The molecule has 0 bridgehead atoms. The minimum atomic E-state index is 0.213. The van der Waals surface area contributed by atoms with E-state index in [4.69, 9.17) is 11.6 Å². The highest BCUT2D eigenvalue weighted by Crippen LogP contribution is 2.43. The van der Waals surface area contributed by atoms with Crippen LogP contribution in [-0.4, -0.2) is 9.97 Å². The van der Waals surface area contributed by atoms with Gasteiger partial charge in [0, 0.05) is 6.20 Å². The van der Waals surface area contributed by atoms with E-state index >= 15 is 0 Å². The van der Waals surface area contributed by atoms with Crippen molar-refractivity contribution in [1.29, 1.82) is 0 Å². The highest BCUT2D eigenvalue weighted by atomic mass is 35.5. The predicted molar refractivity (Wildman–Crippen MR) is 67.3 cm³/mol. The van der Waals surface area contributed by atoms with E-state index < -0.39 is 0 Å². The van der Waals surface area contributed by atoms with Crippen molar-refractivity contribution in [3.63, 3.8) is 0 Å². The third-order valence-corrected chi connectivity index (χ3v) is 3.52. The summed E-state index contributed by atoms with van der Waals surface area (Å²) in [5.74, 6) is 0.425. The van der Waals surface area contributed by atoms with E-state index in [1.165, 1.54) is 12.0 Å². The lowest BCUT2D eigenvalue weighted by Crippen LogP contribution is -2.12. The molecule has 0 aliphatic heterocycles. The Morgan fingerprint density at radius 3 is 2.75 bits per heavy atom. The van der Waals surface area contributed by atoms with E-state index in [0.717, 1.165) is 23.5 Å². The minimum absolute atomic E-state index is 0.213. The lowest BCUT2D eigenvalue weighted by molar-refractivity contribution is 0.485. The van der Waals surface area contributed by atoms with Crippen LogP contribution >= 0.6 is 11.6 Å². The van der Waals surface area contributed by atoms with Crippen LogP contribution in [0.15, 0.2) is 12.3 Å². The van der Waals surface area contributed by atoms with Crippen molar-refractivity contribution in [3.8, 4) is 0 Å². The molecule has 1 aliphatic carbocycles. The van der Waals surface area contributed by atoms with Gasteiger partial charge in [0.2, 0.25) is 0 Å². The van der Waals surface area contributed by atoms with Gasteiger partial charge in [-0.1, -0.05) is 19.9 Å². The Hall–Kier alpha value is -0.890. The number of nitrogens with zero attached hydrogens (tertiary/aromatic N) is 2. The maximum absolute atomic E-state index is 5.81. The smallest absolute Gasteiger partial charge is 0.0880 e. The van der Waals surface area contributed by atoms with Crippen molar-refractivity contribution in [1.82, 2.24) is 9.97 Å². The molecule has 0 aromatic carbocycles. The van der Waals surface area contributed by atoms with Crippen LogP contribution in [0.2, 0.25) is 0 Å². The molecule has 0 amide bonds. The summed E-state index contributed by atoms with van der Waals surface area (Å²) in [7, 11) is 0. The van der Waals surface area contributed by atoms with Gasteiger partial charge in [0.05, 0.1) is 23.0 Å². The minimum Gasteiger partial charge on any atom is -0.257 e. The van der Waals surface area contributed by atoms with Crippen LogP contribution in [-0.2, 0) is 5.88 Å². The fourth-order valence-corrected chi connectivity index (χ4v) is 2.34. The second kappa shape index (κ2) is 4.17. The number of alkyl halides is 1. The van der Waals surface area contributed by atoms with Gasteiger partial charge in [-0.3, -0.25) is 4.98 Å². The third kappa shape index (κ3) is 1.99. The number of rotatable bonds is 2. The van der Waals surface area contributed by atoms with Crippen molar-refractivity contribution in [2.24, 2.45) is 5.41 Å². The molecule has 0 fully saturated rings. The molecule has 1 aliphatic rings. The number of hydrogen-bond acceptors (Lipinski definition) is 2. The zero-order valence-corrected chi connectivity index (χ0v) is 10.8. The summed E-state index contributed by atoms with van der Waals surface area (Å²) in [6, 6.07) is 0. The van der Waals surface area contributed by atoms with E-state index in [1.807, 2.05) is 6.92 Å². The normalized spacial score (nSPS) is 18.6. The summed E-state index contributed by atoms with van der Waals surface area (Å²) in [5.41, 5.74) is 4.41. The molecule has 2 nitrogen and oxygen atoms in total. The Balaban J connectivity index is 2.47. The van der Waals surface area contributed by atoms with Gasteiger partial charge in [0.1, 0.15) is 0 Å².